The molecule has 2 aliphatic rings. The SMILES string of the molecule is Cc1ccccc1C[C@@H](CNC(=O)C1[C@H]2CCC[C@@H]12)C(=O)O. The van der Waals surface area contributed by atoms with E-state index in [1.54, 1.807) is 0 Å². The lowest BCUT2D eigenvalue weighted by atomic mass is 9.96. The van der Waals surface area contributed by atoms with E-state index < -0.39 is 11.9 Å². The number of amides is 1. The first-order valence-electron chi connectivity index (χ1n) is 8.13. The number of aryl methyl sites for hydroxylation is 1. The normalized spacial score (nSPS) is 27.0. The van der Waals surface area contributed by atoms with Crippen LogP contribution in [0.1, 0.15) is 30.4 Å². The molecule has 0 bridgehead atoms. The Labute approximate surface area is 130 Å². The van der Waals surface area contributed by atoms with Gasteiger partial charge in [-0.25, -0.2) is 0 Å². The number of hydrogen-bond donors (Lipinski definition) is 2. The number of benzene rings is 1. The molecule has 1 aromatic rings. The summed E-state index contributed by atoms with van der Waals surface area (Å²) in [5.41, 5.74) is 2.13. The maximum absolute atomic E-state index is 12.2. The summed E-state index contributed by atoms with van der Waals surface area (Å²) in [5, 5.41) is 12.3. The summed E-state index contributed by atoms with van der Waals surface area (Å²) < 4.78 is 0. The van der Waals surface area contributed by atoms with Gasteiger partial charge in [-0.3, -0.25) is 9.59 Å². The highest BCUT2D eigenvalue weighted by molar-refractivity contribution is 5.83. The molecule has 2 N–H and O–H groups in total. The molecule has 4 heteroatoms. The van der Waals surface area contributed by atoms with E-state index in [0.29, 0.717) is 18.3 Å². The van der Waals surface area contributed by atoms with Gasteiger partial charge >= 0.3 is 5.97 Å². The number of carbonyl (C=O) groups is 2. The van der Waals surface area contributed by atoms with E-state index in [0.717, 1.165) is 24.0 Å². The number of aliphatic carboxylic acids is 1. The molecular weight excluding hydrogens is 278 g/mol. The molecule has 4 atom stereocenters. The number of fused-ring (bicyclic) bond motifs is 1. The number of rotatable bonds is 6. The van der Waals surface area contributed by atoms with Gasteiger partial charge in [0, 0.05) is 12.5 Å². The van der Waals surface area contributed by atoms with E-state index in [4.69, 9.17) is 0 Å². The van der Waals surface area contributed by atoms with Gasteiger partial charge < -0.3 is 10.4 Å². The molecule has 2 fully saturated rings. The van der Waals surface area contributed by atoms with Crippen molar-refractivity contribution >= 4 is 11.9 Å². The zero-order chi connectivity index (χ0) is 15.7. The Morgan fingerprint density at radius 3 is 2.59 bits per heavy atom. The first-order valence-corrected chi connectivity index (χ1v) is 8.13. The third-order valence-electron chi connectivity index (χ3n) is 5.31. The summed E-state index contributed by atoms with van der Waals surface area (Å²) in [7, 11) is 0. The first-order chi connectivity index (χ1) is 10.6. The van der Waals surface area contributed by atoms with Crippen LogP contribution in [-0.2, 0) is 16.0 Å². The van der Waals surface area contributed by atoms with Crippen molar-refractivity contribution < 1.29 is 14.7 Å². The van der Waals surface area contributed by atoms with E-state index in [1.165, 1.54) is 6.42 Å². The predicted octanol–water partition coefficient (Wildman–Crippen LogP) is 2.40. The fourth-order valence-corrected chi connectivity index (χ4v) is 3.90. The molecule has 0 heterocycles. The van der Waals surface area contributed by atoms with Crippen LogP contribution >= 0.6 is 0 Å². The smallest absolute Gasteiger partial charge is 0.308 e. The fourth-order valence-electron chi connectivity index (χ4n) is 3.90. The van der Waals surface area contributed by atoms with Gasteiger partial charge in [0.15, 0.2) is 0 Å². The zero-order valence-corrected chi connectivity index (χ0v) is 12.9. The van der Waals surface area contributed by atoms with Crippen molar-refractivity contribution in [1.29, 1.82) is 0 Å². The number of carbonyl (C=O) groups excluding carboxylic acids is 1. The second kappa shape index (κ2) is 6.11. The summed E-state index contributed by atoms with van der Waals surface area (Å²) in [5.74, 6) is -0.0603. The highest BCUT2D eigenvalue weighted by Gasteiger charge is 2.56. The minimum atomic E-state index is -0.848. The summed E-state index contributed by atoms with van der Waals surface area (Å²) >= 11 is 0. The third-order valence-corrected chi connectivity index (χ3v) is 5.31. The molecule has 0 aromatic heterocycles. The summed E-state index contributed by atoms with van der Waals surface area (Å²) in [6, 6.07) is 7.81. The molecule has 0 spiro atoms. The molecule has 2 saturated carbocycles. The molecule has 1 unspecified atom stereocenters. The molecule has 4 nitrogen and oxygen atoms in total. The van der Waals surface area contributed by atoms with E-state index in [1.807, 2.05) is 31.2 Å². The maximum atomic E-state index is 12.2. The largest absolute Gasteiger partial charge is 0.481 e. The van der Waals surface area contributed by atoms with Crippen LogP contribution in [0.15, 0.2) is 24.3 Å². The lowest BCUT2D eigenvalue weighted by Crippen LogP contribution is -2.35. The standard InChI is InChI=1S/C18H23NO3/c1-11-5-2-3-6-12(11)9-13(18(21)22)10-19-17(20)16-14-7-4-8-15(14)16/h2-3,5-6,13-16H,4,7-10H2,1H3,(H,19,20)(H,21,22)/t13-,14-,15+,16?/m0/s1. The minimum Gasteiger partial charge on any atom is -0.481 e. The van der Waals surface area contributed by atoms with Crippen LogP contribution in [0.25, 0.3) is 0 Å². The molecule has 118 valence electrons. The van der Waals surface area contributed by atoms with Gasteiger partial charge in [-0.2, -0.15) is 0 Å². The van der Waals surface area contributed by atoms with Crippen molar-refractivity contribution in [2.24, 2.45) is 23.7 Å². The second-order valence-electron chi connectivity index (χ2n) is 6.70. The average Bonchev–Trinajstić information content (AvgIpc) is 2.97. The van der Waals surface area contributed by atoms with E-state index >= 15 is 0 Å². The fraction of sp³-hybridized carbons (Fsp3) is 0.556. The van der Waals surface area contributed by atoms with Gasteiger partial charge in [0.2, 0.25) is 5.91 Å². The van der Waals surface area contributed by atoms with Crippen LogP contribution in [0.4, 0.5) is 0 Å². The zero-order valence-electron chi connectivity index (χ0n) is 12.9. The maximum Gasteiger partial charge on any atom is 0.308 e. The van der Waals surface area contributed by atoms with Crippen LogP contribution in [-0.4, -0.2) is 23.5 Å². The summed E-state index contributed by atoms with van der Waals surface area (Å²) in [6.45, 7) is 2.21. The Hall–Kier alpha value is -1.84. The number of carboxylic acids is 1. The van der Waals surface area contributed by atoms with Crippen molar-refractivity contribution in [1.82, 2.24) is 5.32 Å². The van der Waals surface area contributed by atoms with Crippen LogP contribution in [0.2, 0.25) is 0 Å². The van der Waals surface area contributed by atoms with Gasteiger partial charge in [-0.1, -0.05) is 30.7 Å². The number of carboxylic acid groups (broad SMARTS) is 1. The van der Waals surface area contributed by atoms with E-state index in [2.05, 4.69) is 5.32 Å². The first kappa shape index (κ1) is 15.1. The highest BCUT2D eigenvalue weighted by atomic mass is 16.4. The highest BCUT2D eigenvalue weighted by Crippen LogP contribution is 2.57. The van der Waals surface area contributed by atoms with Gasteiger partial charge in [-0.05, 0) is 49.1 Å². The van der Waals surface area contributed by atoms with E-state index in [-0.39, 0.29) is 18.4 Å². The Morgan fingerprint density at radius 1 is 1.27 bits per heavy atom. The number of nitrogens with one attached hydrogen (secondary N) is 1. The Kier molecular flexibility index (Phi) is 4.19. The molecule has 3 rings (SSSR count). The van der Waals surface area contributed by atoms with Crippen molar-refractivity contribution in [3.63, 3.8) is 0 Å². The molecule has 2 aliphatic carbocycles. The minimum absolute atomic E-state index is 0.0609. The number of hydrogen-bond acceptors (Lipinski definition) is 2. The average molecular weight is 301 g/mol. The van der Waals surface area contributed by atoms with Crippen molar-refractivity contribution in [2.75, 3.05) is 6.54 Å². The van der Waals surface area contributed by atoms with Crippen LogP contribution in [0.5, 0.6) is 0 Å². The van der Waals surface area contributed by atoms with Crippen molar-refractivity contribution in [3.8, 4) is 0 Å². The topological polar surface area (TPSA) is 66.4 Å². The molecule has 22 heavy (non-hydrogen) atoms. The lowest BCUT2D eigenvalue weighted by Gasteiger charge is -2.15. The molecule has 0 saturated heterocycles. The van der Waals surface area contributed by atoms with Gasteiger partial charge in [0.25, 0.3) is 0 Å². The molecular formula is C18H23NO3. The molecule has 1 amide bonds. The molecule has 0 aliphatic heterocycles. The monoisotopic (exact) mass is 301 g/mol. The Balaban J connectivity index is 1.55. The van der Waals surface area contributed by atoms with Crippen molar-refractivity contribution in [3.05, 3.63) is 35.4 Å². The summed E-state index contributed by atoms with van der Waals surface area (Å²) in [6.07, 6.45) is 4.02. The van der Waals surface area contributed by atoms with Gasteiger partial charge in [-0.15, -0.1) is 0 Å². The van der Waals surface area contributed by atoms with Crippen LogP contribution in [0.3, 0.4) is 0 Å². The predicted molar refractivity (Wildman–Crippen MR) is 83.3 cm³/mol. The quantitative estimate of drug-likeness (QED) is 0.848. The van der Waals surface area contributed by atoms with Gasteiger partial charge in [0.05, 0.1) is 5.92 Å². The summed E-state index contributed by atoms with van der Waals surface area (Å²) in [4.78, 5) is 23.6. The molecule has 0 radical (unpaired) electrons. The Bertz CT molecular complexity index is 573. The molecule has 1 aromatic carbocycles. The Morgan fingerprint density at radius 2 is 1.95 bits per heavy atom. The van der Waals surface area contributed by atoms with Crippen LogP contribution < -0.4 is 5.32 Å². The lowest BCUT2D eigenvalue weighted by molar-refractivity contribution is -0.141. The van der Waals surface area contributed by atoms with Gasteiger partial charge in [0.1, 0.15) is 0 Å². The second-order valence-corrected chi connectivity index (χ2v) is 6.70. The van der Waals surface area contributed by atoms with Crippen molar-refractivity contribution in [2.45, 2.75) is 32.6 Å². The third kappa shape index (κ3) is 3.01. The van der Waals surface area contributed by atoms with Crippen LogP contribution in [0, 0.1) is 30.6 Å². The van der Waals surface area contributed by atoms with E-state index in [9.17, 15) is 14.7 Å².